The molecule has 1 aromatic carbocycles. The standard InChI is InChI=1S/C22H16FN5OS/c23-15-7-16-17(10-26-20(16)25-9-15)21-27-18(11-30-21)13-2-1-3-14(6-13)22(29)8-19-24-4-5-28(19)12-22/h1-7,9-11,29H,8,12H2,(H,25,26)/t22-/m0/s1. The first-order chi connectivity index (χ1) is 14.6. The molecule has 0 aliphatic carbocycles. The first kappa shape index (κ1) is 17.5. The number of imidazole rings is 1. The molecule has 0 amide bonds. The van der Waals surface area contributed by atoms with Crippen molar-refractivity contribution in [3.05, 3.63) is 77.7 Å². The van der Waals surface area contributed by atoms with Gasteiger partial charge in [0.15, 0.2) is 0 Å². The molecule has 8 heteroatoms. The Morgan fingerprint density at radius 3 is 3.07 bits per heavy atom. The average Bonchev–Trinajstić information content (AvgIpc) is 3.50. The zero-order valence-corrected chi connectivity index (χ0v) is 16.5. The number of aromatic nitrogens is 5. The summed E-state index contributed by atoms with van der Waals surface area (Å²) in [6.45, 7) is 0.488. The quantitative estimate of drug-likeness (QED) is 0.463. The average molecular weight is 417 g/mol. The summed E-state index contributed by atoms with van der Waals surface area (Å²) in [5.41, 5.74) is 3.07. The Kier molecular flexibility index (Phi) is 3.68. The minimum atomic E-state index is -0.974. The van der Waals surface area contributed by atoms with Crippen LogP contribution in [-0.4, -0.2) is 29.6 Å². The molecule has 0 fully saturated rings. The molecule has 0 bridgehead atoms. The van der Waals surface area contributed by atoms with Crippen LogP contribution in [0.4, 0.5) is 4.39 Å². The van der Waals surface area contributed by atoms with E-state index in [1.165, 1.54) is 23.6 Å². The highest BCUT2D eigenvalue weighted by atomic mass is 32.1. The summed E-state index contributed by atoms with van der Waals surface area (Å²) < 4.78 is 15.6. The highest BCUT2D eigenvalue weighted by molar-refractivity contribution is 7.13. The number of fused-ring (bicyclic) bond motifs is 2. The summed E-state index contributed by atoms with van der Waals surface area (Å²) in [5, 5.41) is 14.7. The Morgan fingerprint density at radius 1 is 1.23 bits per heavy atom. The molecule has 1 aliphatic heterocycles. The second-order valence-electron chi connectivity index (χ2n) is 7.55. The highest BCUT2D eigenvalue weighted by Crippen LogP contribution is 2.37. The molecule has 0 saturated carbocycles. The van der Waals surface area contributed by atoms with Crippen LogP contribution >= 0.6 is 11.3 Å². The molecule has 148 valence electrons. The summed E-state index contributed by atoms with van der Waals surface area (Å²) in [6.07, 6.45) is 7.14. The second-order valence-corrected chi connectivity index (χ2v) is 8.41. The van der Waals surface area contributed by atoms with E-state index in [0.29, 0.717) is 24.0 Å². The zero-order valence-electron chi connectivity index (χ0n) is 15.7. The lowest BCUT2D eigenvalue weighted by atomic mass is 9.91. The fourth-order valence-electron chi connectivity index (χ4n) is 4.10. The third-order valence-corrected chi connectivity index (χ3v) is 6.49. The van der Waals surface area contributed by atoms with Crippen LogP contribution in [0.25, 0.3) is 32.9 Å². The van der Waals surface area contributed by atoms with Crippen molar-refractivity contribution in [1.29, 1.82) is 0 Å². The Bertz CT molecular complexity index is 1380. The van der Waals surface area contributed by atoms with Gasteiger partial charge in [-0.05, 0) is 17.7 Å². The van der Waals surface area contributed by atoms with E-state index in [9.17, 15) is 9.50 Å². The van der Waals surface area contributed by atoms with Gasteiger partial charge >= 0.3 is 0 Å². The lowest BCUT2D eigenvalue weighted by Crippen LogP contribution is -2.27. The minimum absolute atomic E-state index is 0.377. The van der Waals surface area contributed by atoms with E-state index < -0.39 is 5.60 Å². The molecule has 2 N–H and O–H groups in total. The number of thiazole rings is 1. The van der Waals surface area contributed by atoms with Gasteiger partial charge in [-0.2, -0.15) is 0 Å². The van der Waals surface area contributed by atoms with Crippen molar-refractivity contribution >= 4 is 22.4 Å². The molecule has 30 heavy (non-hydrogen) atoms. The highest BCUT2D eigenvalue weighted by Gasteiger charge is 2.37. The first-order valence-corrected chi connectivity index (χ1v) is 10.4. The molecule has 5 aromatic rings. The summed E-state index contributed by atoms with van der Waals surface area (Å²) in [4.78, 5) is 16.2. The van der Waals surface area contributed by atoms with Crippen molar-refractivity contribution < 1.29 is 9.50 Å². The van der Waals surface area contributed by atoms with Crippen LogP contribution in [0.1, 0.15) is 11.4 Å². The van der Waals surface area contributed by atoms with E-state index >= 15 is 0 Å². The minimum Gasteiger partial charge on any atom is -0.383 e. The monoisotopic (exact) mass is 417 g/mol. The number of rotatable bonds is 3. The van der Waals surface area contributed by atoms with E-state index in [2.05, 4.69) is 15.0 Å². The zero-order chi connectivity index (χ0) is 20.3. The van der Waals surface area contributed by atoms with Crippen molar-refractivity contribution in [3.63, 3.8) is 0 Å². The molecule has 5 heterocycles. The Labute approximate surface area is 174 Å². The van der Waals surface area contributed by atoms with Crippen LogP contribution < -0.4 is 0 Å². The number of H-pyrrole nitrogens is 1. The van der Waals surface area contributed by atoms with Crippen molar-refractivity contribution in [2.24, 2.45) is 0 Å². The maximum Gasteiger partial charge on any atom is 0.142 e. The SMILES string of the molecule is O[C@@]1(c2cccc(-c3csc(-c4c[nH]c5ncc(F)cc45)n3)c2)Cc2nccn2C1. The molecular formula is C22H16FN5OS. The van der Waals surface area contributed by atoms with Crippen molar-refractivity contribution in [2.45, 2.75) is 18.6 Å². The van der Waals surface area contributed by atoms with Crippen LogP contribution in [0.15, 0.2) is 60.5 Å². The number of nitrogens with zero attached hydrogens (tertiary/aromatic N) is 4. The number of halogens is 1. The number of aromatic amines is 1. The predicted molar refractivity (Wildman–Crippen MR) is 112 cm³/mol. The van der Waals surface area contributed by atoms with Crippen molar-refractivity contribution in [3.8, 4) is 21.8 Å². The normalized spacial score (nSPS) is 18.2. The van der Waals surface area contributed by atoms with Gasteiger partial charge in [-0.15, -0.1) is 11.3 Å². The number of benzene rings is 1. The number of hydrogen-bond donors (Lipinski definition) is 2. The van der Waals surface area contributed by atoms with Gasteiger partial charge in [0.25, 0.3) is 0 Å². The van der Waals surface area contributed by atoms with Gasteiger partial charge in [-0.25, -0.2) is 19.3 Å². The van der Waals surface area contributed by atoms with Gasteiger partial charge in [0.1, 0.15) is 27.9 Å². The van der Waals surface area contributed by atoms with Crippen LogP contribution in [0, 0.1) is 5.82 Å². The van der Waals surface area contributed by atoms with Crippen molar-refractivity contribution in [2.75, 3.05) is 0 Å². The van der Waals surface area contributed by atoms with Gasteiger partial charge in [-0.1, -0.05) is 18.2 Å². The molecule has 0 saturated heterocycles. The second kappa shape index (κ2) is 6.32. The molecule has 6 nitrogen and oxygen atoms in total. The molecule has 0 unspecified atom stereocenters. The third-order valence-electron chi connectivity index (χ3n) is 5.61. The van der Waals surface area contributed by atoms with E-state index in [-0.39, 0.29) is 5.82 Å². The molecule has 1 aliphatic rings. The number of hydrogen-bond acceptors (Lipinski definition) is 5. The summed E-state index contributed by atoms with van der Waals surface area (Å²) in [7, 11) is 0. The third kappa shape index (κ3) is 2.68. The van der Waals surface area contributed by atoms with E-state index in [1.54, 1.807) is 12.4 Å². The summed E-state index contributed by atoms with van der Waals surface area (Å²) in [6, 6.07) is 9.32. The van der Waals surface area contributed by atoms with Crippen LogP contribution in [0.2, 0.25) is 0 Å². The van der Waals surface area contributed by atoms with Gasteiger partial charge in [0.05, 0.1) is 18.4 Å². The molecular weight excluding hydrogens is 401 g/mol. The fraction of sp³-hybridized carbons (Fsp3) is 0.136. The largest absolute Gasteiger partial charge is 0.383 e. The van der Waals surface area contributed by atoms with Crippen LogP contribution in [-0.2, 0) is 18.6 Å². The van der Waals surface area contributed by atoms with E-state index in [4.69, 9.17) is 4.98 Å². The molecule has 4 aromatic heterocycles. The lowest BCUT2D eigenvalue weighted by Gasteiger charge is -2.22. The first-order valence-electron chi connectivity index (χ1n) is 9.51. The summed E-state index contributed by atoms with van der Waals surface area (Å²) in [5.74, 6) is 0.511. The smallest absolute Gasteiger partial charge is 0.142 e. The maximum atomic E-state index is 13.7. The summed E-state index contributed by atoms with van der Waals surface area (Å²) >= 11 is 1.49. The van der Waals surface area contributed by atoms with Gasteiger partial charge in [0.2, 0.25) is 0 Å². The Balaban J connectivity index is 1.36. The van der Waals surface area contributed by atoms with Gasteiger partial charge in [-0.3, -0.25) is 0 Å². The maximum absolute atomic E-state index is 13.7. The van der Waals surface area contributed by atoms with E-state index in [0.717, 1.165) is 33.2 Å². The molecule has 6 rings (SSSR count). The molecule has 0 spiro atoms. The Morgan fingerprint density at radius 2 is 2.17 bits per heavy atom. The van der Waals surface area contributed by atoms with Crippen LogP contribution in [0.5, 0.6) is 0 Å². The van der Waals surface area contributed by atoms with Crippen molar-refractivity contribution in [1.82, 2.24) is 24.5 Å². The predicted octanol–water partition coefficient (Wildman–Crippen LogP) is 4.13. The molecule has 1 atom stereocenters. The number of nitrogens with one attached hydrogen (secondary N) is 1. The number of aliphatic hydroxyl groups is 1. The number of pyridine rings is 1. The van der Waals surface area contributed by atoms with Gasteiger partial charge in [0, 0.05) is 46.9 Å². The molecule has 0 radical (unpaired) electrons. The lowest BCUT2D eigenvalue weighted by molar-refractivity contribution is 0.0376. The van der Waals surface area contributed by atoms with Gasteiger partial charge < -0.3 is 14.7 Å². The van der Waals surface area contributed by atoms with Crippen LogP contribution in [0.3, 0.4) is 0 Å². The topological polar surface area (TPSA) is 79.6 Å². The van der Waals surface area contributed by atoms with E-state index in [1.807, 2.05) is 40.4 Å². The fourth-order valence-corrected chi connectivity index (χ4v) is 4.96. The Hall–Kier alpha value is -3.36.